The molecule has 8 heteroatoms. The van der Waals surface area contributed by atoms with E-state index in [1.165, 1.54) is 0 Å². The molecule has 3 rings (SSSR count). The second-order valence-corrected chi connectivity index (χ2v) is 8.50. The van der Waals surface area contributed by atoms with E-state index in [9.17, 15) is 13.2 Å². The predicted molar refractivity (Wildman–Crippen MR) is 104 cm³/mol. The van der Waals surface area contributed by atoms with E-state index in [0.29, 0.717) is 22.9 Å². The second-order valence-electron chi connectivity index (χ2n) is 6.64. The highest BCUT2D eigenvalue weighted by Gasteiger charge is 2.29. The Morgan fingerprint density at radius 1 is 1.07 bits per heavy atom. The molecule has 0 saturated carbocycles. The molecular weight excluding hydrogens is 368 g/mol. The van der Waals surface area contributed by atoms with E-state index in [2.05, 4.69) is 5.32 Å². The summed E-state index contributed by atoms with van der Waals surface area (Å²) in [4.78, 5) is 12.8. The Bertz CT molecular complexity index is 967. The summed E-state index contributed by atoms with van der Waals surface area (Å²) in [5.41, 5.74) is 2.80. The Hall–Kier alpha value is -2.74. The van der Waals surface area contributed by atoms with Crippen LogP contribution in [-0.4, -0.2) is 33.4 Å². The summed E-state index contributed by atoms with van der Waals surface area (Å²) in [6, 6.07) is 9.53. The van der Waals surface area contributed by atoms with E-state index in [-0.39, 0.29) is 6.79 Å². The molecule has 1 heterocycles. The molecule has 0 bridgehead atoms. The summed E-state index contributed by atoms with van der Waals surface area (Å²) in [7, 11) is -3.67. The molecule has 27 heavy (non-hydrogen) atoms. The van der Waals surface area contributed by atoms with Gasteiger partial charge in [-0.1, -0.05) is 6.07 Å². The van der Waals surface area contributed by atoms with Crippen molar-refractivity contribution in [3.63, 3.8) is 0 Å². The quantitative estimate of drug-likeness (QED) is 0.849. The summed E-state index contributed by atoms with van der Waals surface area (Å²) >= 11 is 0. The molecule has 1 aliphatic rings. The van der Waals surface area contributed by atoms with Gasteiger partial charge in [0, 0.05) is 11.8 Å². The monoisotopic (exact) mass is 390 g/mol. The van der Waals surface area contributed by atoms with Gasteiger partial charge in [0.25, 0.3) is 0 Å². The minimum Gasteiger partial charge on any atom is -0.454 e. The lowest BCUT2D eigenvalue weighted by Crippen LogP contribution is -2.45. The molecule has 0 radical (unpaired) electrons. The lowest BCUT2D eigenvalue weighted by Gasteiger charge is -2.28. The zero-order chi connectivity index (χ0) is 19.8. The van der Waals surface area contributed by atoms with Crippen LogP contribution >= 0.6 is 0 Å². The summed E-state index contributed by atoms with van der Waals surface area (Å²) in [5, 5.41) is 2.74. The largest absolute Gasteiger partial charge is 0.454 e. The molecule has 1 aliphatic heterocycles. The number of hydrogen-bond acceptors (Lipinski definition) is 5. The van der Waals surface area contributed by atoms with Crippen LogP contribution in [0.2, 0.25) is 0 Å². The third-order valence-corrected chi connectivity index (χ3v) is 5.43. The molecule has 1 N–H and O–H groups in total. The molecule has 2 aromatic rings. The van der Waals surface area contributed by atoms with Gasteiger partial charge in [0.15, 0.2) is 11.5 Å². The van der Waals surface area contributed by atoms with Crippen molar-refractivity contribution >= 4 is 27.3 Å². The molecule has 0 fully saturated rings. The van der Waals surface area contributed by atoms with Crippen LogP contribution in [0.5, 0.6) is 11.5 Å². The minimum absolute atomic E-state index is 0.137. The van der Waals surface area contributed by atoms with E-state index >= 15 is 0 Å². The maximum Gasteiger partial charge on any atom is 0.247 e. The van der Waals surface area contributed by atoms with Crippen molar-refractivity contribution in [1.82, 2.24) is 0 Å². The summed E-state index contributed by atoms with van der Waals surface area (Å²) in [5.74, 6) is 0.697. The number of fused-ring (bicyclic) bond motifs is 1. The Balaban J connectivity index is 1.87. The van der Waals surface area contributed by atoms with E-state index in [4.69, 9.17) is 9.47 Å². The van der Waals surface area contributed by atoms with Crippen molar-refractivity contribution in [2.75, 3.05) is 22.7 Å². The number of carbonyl (C=O) groups is 1. The first kappa shape index (κ1) is 19.0. The summed E-state index contributed by atoms with van der Waals surface area (Å²) in [6.07, 6.45) is 1.09. The molecule has 1 atom stereocenters. The van der Waals surface area contributed by atoms with Crippen molar-refractivity contribution in [2.24, 2.45) is 0 Å². The topological polar surface area (TPSA) is 84.9 Å². The van der Waals surface area contributed by atoms with Gasteiger partial charge in [0.2, 0.25) is 22.7 Å². The molecule has 0 spiro atoms. The van der Waals surface area contributed by atoms with Crippen LogP contribution in [0.15, 0.2) is 36.4 Å². The number of anilines is 2. The highest BCUT2D eigenvalue weighted by Crippen LogP contribution is 2.34. The van der Waals surface area contributed by atoms with E-state index in [0.717, 1.165) is 21.7 Å². The third-order valence-electron chi connectivity index (χ3n) is 4.19. The molecule has 0 saturated heterocycles. The highest BCUT2D eigenvalue weighted by atomic mass is 32.2. The molecule has 7 nitrogen and oxygen atoms in total. The Labute approximate surface area is 158 Å². The molecule has 2 aromatic carbocycles. The number of nitrogens with zero attached hydrogens (tertiary/aromatic N) is 1. The van der Waals surface area contributed by atoms with Gasteiger partial charge in [-0.05, 0) is 56.2 Å². The average molecular weight is 390 g/mol. The van der Waals surface area contributed by atoms with E-state index in [1.807, 2.05) is 19.9 Å². The molecule has 0 aliphatic carbocycles. The van der Waals surface area contributed by atoms with Crippen LogP contribution in [0.3, 0.4) is 0 Å². The first-order valence-corrected chi connectivity index (χ1v) is 10.3. The van der Waals surface area contributed by atoms with Crippen molar-refractivity contribution in [3.05, 3.63) is 47.5 Å². The van der Waals surface area contributed by atoms with Crippen molar-refractivity contribution < 1.29 is 22.7 Å². The van der Waals surface area contributed by atoms with Crippen LogP contribution in [0.25, 0.3) is 0 Å². The zero-order valence-corrected chi connectivity index (χ0v) is 16.5. The Morgan fingerprint density at radius 3 is 2.33 bits per heavy atom. The van der Waals surface area contributed by atoms with Crippen LogP contribution in [0.1, 0.15) is 18.1 Å². The van der Waals surface area contributed by atoms with Gasteiger partial charge in [-0.15, -0.1) is 0 Å². The van der Waals surface area contributed by atoms with Gasteiger partial charge in [-0.2, -0.15) is 0 Å². The zero-order valence-electron chi connectivity index (χ0n) is 15.6. The number of sulfonamides is 1. The normalized spacial score (nSPS) is 13.9. The van der Waals surface area contributed by atoms with Gasteiger partial charge in [-0.25, -0.2) is 8.42 Å². The fraction of sp³-hybridized carbons (Fsp3) is 0.316. The summed E-state index contributed by atoms with van der Waals surface area (Å²) < 4.78 is 36.5. The highest BCUT2D eigenvalue weighted by molar-refractivity contribution is 7.92. The molecule has 0 unspecified atom stereocenters. The molecule has 0 aromatic heterocycles. The van der Waals surface area contributed by atoms with Gasteiger partial charge in [0.05, 0.1) is 11.9 Å². The second kappa shape index (κ2) is 7.11. The number of amides is 1. The number of benzene rings is 2. The molecule has 144 valence electrons. The maximum atomic E-state index is 12.8. The Morgan fingerprint density at radius 2 is 1.70 bits per heavy atom. The lowest BCUT2D eigenvalue weighted by atomic mass is 10.1. The fourth-order valence-corrected chi connectivity index (χ4v) is 4.27. The smallest absolute Gasteiger partial charge is 0.247 e. The number of nitrogens with one attached hydrogen (secondary N) is 1. The Kier molecular flexibility index (Phi) is 5.01. The summed E-state index contributed by atoms with van der Waals surface area (Å²) in [6.45, 7) is 5.46. The lowest BCUT2D eigenvalue weighted by molar-refractivity contribution is -0.116. The SMILES string of the molecule is Cc1cc(C)cc(N([C@H](C)C(=O)Nc2ccc3c(c2)OCO3)S(C)(=O)=O)c1. The van der Waals surface area contributed by atoms with Crippen LogP contribution in [-0.2, 0) is 14.8 Å². The van der Waals surface area contributed by atoms with Crippen molar-refractivity contribution in [2.45, 2.75) is 26.8 Å². The number of aryl methyl sites for hydroxylation is 2. The van der Waals surface area contributed by atoms with Gasteiger partial charge in [0.1, 0.15) is 6.04 Å². The van der Waals surface area contributed by atoms with Gasteiger partial charge in [-0.3, -0.25) is 9.10 Å². The van der Waals surface area contributed by atoms with Crippen LogP contribution in [0.4, 0.5) is 11.4 Å². The first-order valence-electron chi connectivity index (χ1n) is 8.43. The van der Waals surface area contributed by atoms with Crippen LogP contribution in [0, 0.1) is 13.8 Å². The number of carbonyl (C=O) groups excluding carboxylic acids is 1. The predicted octanol–water partition coefficient (Wildman–Crippen LogP) is 2.83. The standard InChI is InChI=1S/C19H22N2O5S/c1-12-7-13(2)9-16(8-12)21(27(4,23)24)14(3)19(22)20-15-5-6-17-18(10-15)26-11-25-17/h5-10,14H,11H2,1-4H3,(H,20,22)/t14-/m1/s1. The van der Waals surface area contributed by atoms with Crippen molar-refractivity contribution in [1.29, 1.82) is 0 Å². The average Bonchev–Trinajstić information content (AvgIpc) is 3.00. The van der Waals surface area contributed by atoms with Gasteiger partial charge < -0.3 is 14.8 Å². The van der Waals surface area contributed by atoms with E-state index < -0.39 is 22.0 Å². The minimum atomic E-state index is -3.67. The van der Waals surface area contributed by atoms with Crippen LogP contribution < -0.4 is 19.1 Å². The fourth-order valence-electron chi connectivity index (χ4n) is 3.11. The molecular formula is C19H22N2O5S. The first-order chi connectivity index (χ1) is 12.6. The number of rotatable bonds is 5. The van der Waals surface area contributed by atoms with Crippen molar-refractivity contribution in [3.8, 4) is 11.5 Å². The van der Waals surface area contributed by atoms with E-state index in [1.54, 1.807) is 37.3 Å². The number of hydrogen-bond donors (Lipinski definition) is 1. The van der Waals surface area contributed by atoms with Gasteiger partial charge >= 0.3 is 0 Å². The maximum absolute atomic E-state index is 12.8. The molecule has 1 amide bonds. The number of ether oxygens (including phenoxy) is 2. The third kappa shape index (κ3) is 4.16.